The minimum Gasteiger partial charge on any atom is -0.481 e. The van der Waals surface area contributed by atoms with E-state index in [4.69, 9.17) is 15.0 Å². The predicted octanol–water partition coefficient (Wildman–Crippen LogP) is 1.81. The van der Waals surface area contributed by atoms with Crippen LogP contribution in [0.2, 0.25) is 0 Å². The van der Waals surface area contributed by atoms with Crippen LogP contribution in [0.5, 0.6) is 0 Å². The molecule has 0 aliphatic heterocycles. The van der Waals surface area contributed by atoms with Crippen LogP contribution >= 0.6 is 23.4 Å². The van der Waals surface area contributed by atoms with Gasteiger partial charge in [-0.25, -0.2) is 4.98 Å². The lowest BCUT2D eigenvalue weighted by molar-refractivity contribution is -0.141. The lowest BCUT2D eigenvalue weighted by atomic mass is 10.2. The molecule has 1 aromatic heterocycles. The van der Waals surface area contributed by atoms with Gasteiger partial charge in [0.25, 0.3) is 0 Å². The molecule has 1 aromatic carbocycles. The van der Waals surface area contributed by atoms with Crippen molar-refractivity contribution in [2.24, 2.45) is 5.73 Å². The molecule has 1 heterocycles. The van der Waals surface area contributed by atoms with Gasteiger partial charge in [0.05, 0.1) is 23.1 Å². The Morgan fingerprint density at radius 1 is 1.33 bits per heavy atom. The van der Waals surface area contributed by atoms with Gasteiger partial charge in [-0.3, -0.25) is 14.4 Å². The SMILES string of the molecule is NC(=O)c1ccc2sc(SOC(=O)CCC(=O)O)nc2c1. The van der Waals surface area contributed by atoms with Crippen molar-refractivity contribution in [2.75, 3.05) is 0 Å². The van der Waals surface area contributed by atoms with Gasteiger partial charge in [0.1, 0.15) is 12.0 Å². The van der Waals surface area contributed by atoms with E-state index in [0.29, 0.717) is 15.4 Å². The van der Waals surface area contributed by atoms with Crippen molar-refractivity contribution in [3.05, 3.63) is 23.8 Å². The summed E-state index contributed by atoms with van der Waals surface area (Å²) in [5.41, 5.74) is 6.12. The number of thiazole rings is 1. The first-order valence-corrected chi connectivity index (χ1v) is 7.31. The summed E-state index contributed by atoms with van der Waals surface area (Å²) in [5, 5.41) is 8.45. The Morgan fingerprint density at radius 2 is 2.10 bits per heavy atom. The van der Waals surface area contributed by atoms with Crippen LogP contribution in [0.3, 0.4) is 0 Å². The highest BCUT2D eigenvalue weighted by Gasteiger charge is 2.12. The van der Waals surface area contributed by atoms with Crippen LogP contribution in [0, 0.1) is 0 Å². The van der Waals surface area contributed by atoms with E-state index in [2.05, 4.69) is 4.98 Å². The molecule has 0 saturated heterocycles. The van der Waals surface area contributed by atoms with E-state index in [0.717, 1.165) is 16.7 Å². The summed E-state index contributed by atoms with van der Waals surface area (Å²) in [6.45, 7) is 0. The Morgan fingerprint density at radius 3 is 2.76 bits per heavy atom. The fourth-order valence-corrected chi connectivity index (χ4v) is 3.00. The summed E-state index contributed by atoms with van der Waals surface area (Å²) in [6.07, 6.45) is -0.472. The van der Waals surface area contributed by atoms with Crippen LogP contribution in [-0.4, -0.2) is 27.9 Å². The van der Waals surface area contributed by atoms with Crippen LogP contribution in [0.4, 0.5) is 0 Å². The lowest BCUT2D eigenvalue weighted by Crippen LogP contribution is -2.10. The van der Waals surface area contributed by atoms with Gasteiger partial charge in [0, 0.05) is 5.56 Å². The quantitative estimate of drug-likeness (QED) is 0.777. The van der Waals surface area contributed by atoms with Crippen molar-refractivity contribution in [3.63, 3.8) is 0 Å². The Balaban J connectivity index is 2.01. The summed E-state index contributed by atoms with van der Waals surface area (Å²) in [4.78, 5) is 36.9. The molecule has 0 saturated carbocycles. The summed E-state index contributed by atoms with van der Waals surface area (Å²) in [7, 11) is 0. The number of carboxylic acid groups (broad SMARTS) is 1. The van der Waals surface area contributed by atoms with Crippen LogP contribution in [-0.2, 0) is 13.8 Å². The predicted molar refractivity (Wildman–Crippen MR) is 77.0 cm³/mol. The molecule has 9 heteroatoms. The Kier molecular flexibility index (Phi) is 4.76. The third-order valence-corrected chi connectivity index (χ3v) is 4.19. The number of hydrogen-bond donors (Lipinski definition) is 2. The van der Waals surface area contributed by atoms with E-state index in [1.54, 1.807) is 18.2 Å². The number of amides is 1. The van der Waals surface area contributed by atoms with E-state index < -0.39 is 17.8 Å². The summed E-state index contributed by atoms with van der Waals surface area (Å²) in [6, 6.07) is 4.87. The Bertz CT molecular complexity index is 713. The fourth-order valence-electron chi connectivity index (χ4n) is 1.43. The van der Waals surface area contributed by atoms with Gasteiger partial charge in [-0.1, -0.05) is 0 Å². The lowest BCUT2D eigenvalue weighted by Gasteiger charge is -1.97. The average Bonchev–Trinajstić information content (AvgIpc) is 2.84. The topological polar surface area (TPSA) is 120 Å². The molecule has 110 valence electrons. The van der Waals surface area contributed by atoms with Crippen molar-refractivity contribution >= 4 is 51.4 Å². The highest BCUT2D eigenvalue weighted by Crippen LogP contribution is 2.30. The molecule has 0 bridgehead atoms. The number of rotatable bonds is 6. The summed E-state index contributed by atoms with van der Waals surface area (Å²) >= 11 is 2.06. The van der Waals surface area contributed by atoms with Crippen LogP contribution in [0.25, 0.3) is 10.2 Å². The van der Waals surface area contributed by atoms with Crippen LogP contribution < -0.4 is 5.73 Å². The van der Waals surface area contributed by atoms with Gasteiger partial charge in [0.15, 0.2) is 4.34 Å². The number of benzene rings is 1. The van der Waals surface area contributed by atoms with Gasteiger partial charge in [-0.15, -0.1) is 11.3 Å². The molecule has 0 radical (unpaired) electrons. The van der Waals surface area contributed by atoms with E-state index in [9.17, 15) is 14.4 Å². The van der Waals surface area contributed by atoms with E-state index in [-0.39, 0.29) is 12.8 Å². The van der Waals surface area contributed by atoms with Gasteiger partial charge in [-0.05, 0) is 18.2 Å². The highest BCUT2D eigenvalue weighted by molar-refractivity contribution is 7.97. The van der Waals surface area contributed by atoms with E-state index in [1.807, 2.05) is 0 Å². The van der Waals surface area contributed by atoms with Gasteiger partial charge < -0.3 is 15.0 Å². The zero-order valence-corrected chi connectivity index (χ0v) is 12.2. The number of carboxylic acids is 1. The summed E-state index contributed by atoms with van der Waals surface area (Å²) in [5.74, 6) is -2.23. The van der Waals surface area contributed by atoms with E-state index in [1.165, 1.54) is 11.3 Å². The highest BCUT2D eigenvalue weighted by atomic mass is 32.2. The zero-order valence-electron chi connectivity index (χ0n) is 10.6. The number of hydrogen-bond acceptors (Lipinski definition) is 7. The second kappa shape index (κ2) is 6.55. The number of aliphatic carboxylic acids is 1. The molecule has 0 unspecified atom stereocenters. The molecule has 1 amide bonds. The van der Waals surface area contributed by atoms with Crippen molar-refractivity contribution in [3.8, 4) is 0 Å². The van der Waals surface area contributed by atoms with Crippen molar-refractivity contribution in [1.82, 2.24) is 4.98 Å². The molecule has 0 aliphatic carbocycles. The number of aromatic nitrogens is 1. The molecular formula is C12H10N2O5S2. The molecule has 0 spiro atoms. The average molecular weight is 326 g/mol. The van der Waals surface area contributed by atoms with Gasteiger partial charge >= 0.3 is 11.9 Å². The number of carbonyl (C=O) groups excluding carboxylic acids is 2. The molecule has 21 heavy (non-hydrogen) atoms. The molecule has 0 atom stereocenters. The third-order valence-electron chi connectivity index (χ3n) is 2.40. The molecule has 0 fully saturated rings. The second-order valence-corrected chi connectivity index (χ2v) is 5.97. The maximum atomic E-state index is 11.3. The Labute approximate surface area is 127 Å². The molecule has 2 aromatic rings. The normalized spacial score (nSPS) is 10.5. The van der Waals surface area contributed by atoms with Crippen molar-refractivity contribution in [2.45, 2.75) is 17.2 Å². The third kappa shape index (κ3) is 4.17. The van der Waals surface area contributed by atoms with Crippen molar-refractivity contribution < 1.29 is 23.7 Å². The largest absolute Gasteiger partial charge is 0.481 e. The minimum absolute atomic E-state index is 0.195. The molecule has 3 N–H and O–H groups in total. The number of primary amides is 1. The first kappa shape index (κ1) is 15.3. The maximum absolute atomic E-state index is 11.3. The minimum atomic E-state index is -1.06. The van der Waals surface area contributed by atoms with Gasteiger partial charge in [0.2, 0.25) is 5.91 Å². The second-order valence-electron chi connectivity index (χ2n) is 3.96. The van der Waals surface area contributed by atoms with E-state index >= 15 is 0 Å². The molecular weight excluding hydrogens is 316 g/mol. The Hall–Kier alpha value is -2.13. The first-order chi connectivity index (χ1) is 9.95. The summed E-state index contributed by atoms with van der Waals surface area (Å²) < 4.78 is 6.16. The first-order valence-electron chi connectivity index (χ1n) is 5.75. The molecule has 0 aliphatic rings. The van der Waals surface area contributed by atoms with Crippen molar-refractivity contribution in [1.29, 1.82) is 0 Å². The number of carbonyl (C=O) groups is 3. The maximum Gasteiger partial charge on any atom is 0.318 e. The van der Waals surface area contributed by atoms with Crippen LogP contribution in [0.1, 0.15) is 23.2 Å². The fraction of sp³-hybridized carbons (Fsp3) is 0.167. The standard InChI is InChI=1S/C12H10N2O5S2/c13-11(18)6-1-2-8-7(5-6)14-12(20-8)21-19-10(17)4-3-9(15)16/h1-2,5H,3-4H2,(H2,13,18)(H,15,16). The molecule has 7 nitrogen and oxygen atoms in total. The smallest absolute Gasteiger partial charge is 0.318 e. The number of nitrogens with zero attached hydrogens (tertiary/aromatic N) is 1. The monoisotopic (exact) mass is 326 g/mol. The molecule has 2 rings (SSSR count). The zero-order chi connectivity index (χ0) is 15.4. The number of fused-ring (bicyclic) bond motifs is 1. The van der Waals surface area contributed by atoms with Gasteiger partial charge in [-0.2, -0.15) is 0 Å². The number of nitrogens with two attached hydrogens (primary N) is 1. The van der Waals surface area contributed by atoms with Crippen LogP contribution in [0.15, 0.2) is 22.5 Å².